The van der Waals surface area contributed by atoms with Gasteiger partial charge in [-0.05, 0) is 26.3 Å². The molecule has 0 aromatic carbocycles. The molecule has 1 unspecified atom stereocenters. The minimum Gasteiger partial charge on any atom is -0.314 e. The summed E-state index contributed by atoms with van der Waals surface area (Å²) >= 11 is 0. The molecule has 1 atom stereocenters. The van der Waals surface area contributed by atoms with Gasteiger partial charge >= 0.3 is 0 Å². The molecule has 0 aromatic rings. The van der Waals surface area contributed by atoms with Crippen LogP contribution in [0.3, 0.4) is 0 Å². The van der Waals surface area contributed by atoms with Crippen molar-refractivity contribution < 1.29 is 0 Å². The summed E-state index contributed by atoms with van der Waals surface area (Å²) in [5, 5.41) is 3.64. The summed E-state index contributed by atoms with van der Waals surface area (Å²) in [6.45, 7) is 8.11. The van der Waals surface area contributed by atoms with Gasteiger partial charge in [-0.25, -0.2) is 0 Å². The molecule has 0 aliphatic heterocycles. The molecule has 0 heterocycles. The number of hydrogen-bond acceptors (Lipinski definition) is 1. The fourth-order valence-corrected chi connectivity index (χ4v) is 3.91. The lowest BCUT2D eigenvalue weighted by atomic mass is 10.0. The lowest BCUT2D eigenvalue weighted by Gasteiger charge is -2.12. The molecule has 0 bridgehead atoms. The van der Waals surface area contributed by atoms with Crippen LogP contribution in [0.5, 0.6) is 0 Å². The highest BCUT2D eigenvalue weighted by atomic mass is 14.9. The van der Waals surface area contributed by atoms with Crippen LogP contribution >= 0.6 is 0 Å². The van der Waals surface area contributed by atoms with Gasteiger partial charge in [0.15, 0.2) is 0 Å². The molecule has 0 radical (unpaired) electrons. The Labute approximate surface area is 167 Å². The van der Waals surface area contributed by atoms with Crippen LogP contribution in [-0.4, -0.2) is 12.6 Å². The lowest BCUT2D eigenvalue weighted by Crippen LogP contribution is -2.26. The number of rotatable bonds is 22. The summed E-state index contributed by atoms with van der Waals surface area (Å²) in [7, 11) is 0. The largest absolute Gasteiger partial charge is 0.314 e. The Bertz CT molecular complexity index is 238. The first kappa shape index (κ1) is 26.0. The zero-order valence-electron chi connectivity index (χ0n) is 18.9. The molecule has 158 valence electrons. The Morgan fingerprint density at radius 1 is 0.462 bits per heavy atom. The number of nitrogens with one attached hydrogen (secondary N) is 1. The van der Waals surface area contributed by atoms with Gasteiger partial charge in [0, 0.05) is 6.04 Å². The van der Waals surface area contributed by atoms with Crippen molar-refractivity contribution in [2.45, 2.75) is 155 Å². The van der Waals surface area contributed by atoms with Crippen molar-refractivity contribution in [3.05, 3.63) is 0 Å². The molecule has 26 heavy (non-hydrogen) atoms. The van der Waals surface area contributed by atoms with E-state index in [2.05, 4.69) is 26.1 Å². The summed E-state index contributed by atoms with van der Waals surface area (Å²) in [5.41, 5.74) is 0. The molecule has 0 saturated carbocycles. The van der Waals surface area contributed by atoms with Crippen molar-refractivity contribution in [2.75, 3.05) is 6.54 Å². The van der Waals surface area contributed by atoms with Crippen LogP contribution < -0.4 is 5.32 Å². The first-order chi connectivity index (χ1) is 12.8. The normalized spacial score (nSPS) is 12.6. The molecule has 0 aromatic heterocycles. The van der Waals surface area contributed by atoms with Gasteiger partial charge in [0.05, 0.1) is 0 Å². The molecule has 1 nitrogen and oxygen atoms in total. The second-order valence-electron chi connectivity index (χ2n) is 8.65. The maximum Gasteiger partial charge on any atom is 0.00386 e. The lowest BCUT2D eigenvalue weighted by molar-refractivity contribution is 0.483. The molecule has 0 spiro atoms. The summed E-state index contributed by atoms with van der Waals surface area (Å²) in [6.07, 6.45) is 28.9. The quantitative estimate of drug-likeness (QED) is 0.188. The minimum absolute atomic E-state index is 0.714. The molecule has 0 amide bonds. The highest BCUT2D eigenvalue weighted by molar-refractivity contribution is 4.59. The zero-order chi connectivity index (χ0) is 19.1. The van der Waals surface area contributed by atoms with Crippen LogP contribution in [0.1, 0.15) is 149 Å². The maximum atomic E-state index is 3.64. The van der Waals surface area contributed by atoms with Gasteiger partial charge in [-0.2, -0.15) is 0 Å². The molecule has 0 fully saturated rings. The third kappa shape index (κ3) is 22.0. The minimum atomic E-state index is 0.714. The Morgan fingerprint density at radius 3 is 1.15 bits per heavy atom. The predicted octanol–water partition coefficient (Wildman–Crippen LogP) is 8.81. The summed E-state index contributed by atoms with van der Waals surface area (Å²) in [6, 6.07) is 0.714. The predicted molar refractivity (Wildman–Crippen MR) is 121 cm³/mol. The van der Waals surface area contributed by atoms with E-state index in [0.29, 0.717) is 6.04 Å². The Kier molecular flexibility index (Phi) is 23.0. The van der Waals surface area contributed by atoms with Crippen molar-refractivity contribution in [1.29, 1.82) is 0 Å². The highest BCUT2D eigenvalue weighted by Gasteiger charge is 1.98. The van der Waals surface area contributed by atoms with Gasteiger partial charge in [0.2, 0.25) is 0 Å². The van der Waals surface area contributed by atoms with Crippen LogP contribution in [0.2, 0.25) is 0 Å². The molecule has 0 aliphatic rings. The van der Waals surface area contributed by atoms with E-state index in [0.717, 1.165) is 0 Å². The van der Waals surface area contributed by atoms with Crippen molar-refractivity contribution in [3.63, 3.8) is 0 Å². The fraction of sp³-hybridized carbons (Fsp3) is 1.00. The SMILES string of the molecule is CCCCCCCCCCCCCCCCCCCCNC(C)CCC. The van der Waals surface area contributed by atoms with E-state index in [-0.39, 0.29) is 0 Å². The molecular formula is C25H53N. The summed E-state index contributed by atoms with van der Waals surface area (Å²) < 4.78 is 0. The Balaban J connectivity index is 3.01. The van der Waals surface area contributed by atoms with Gasteiger partial charge in [0.1, 0.15) is 0 Å². The van der Waals surface area contributed by atoms with Gasteiger partial charge in [-0.1, -0.05) is 129 Å². The Morgan fingerprint density at radius 2 is 0.808 bits per heavy atom. The van der Waals surface area contributed by atoms with E-state index in [1.807, 2.05) is 0 Å². The second kappa shape index (κ2) is 23.0. The van der Waals surface area contributed by atoms with Gasteiger partial charge in [0.25, 0.3) is 0 Å². The summed E-state index contributed by atoms with van der Waals surface area (Å²) in [5.74, 6) is 0. The molecule has 1 N–H and O–H groups in total. The van der Waals surface area contributed by atoms with E-state index < -0.39 is 0 Å². The number of unbranched alkanes of at least 4 members (excludes halogenated alkanes) is 17. The van der Waals surface area contributed by atoms with E-state index in [1.165, 1.54) is 135 Å². The van der Waals surface area contributed by atoms with Gasteiger partial charge < -0.3 is 5.32 Å². The first-order valence-electron chi connectivity index (χ1n) is 12.5. The van der Waals surface area contributed by atoms with Crippen LogP contribution in [-0.2, 0) is 0 Å². The molecule has 0 aliphatic carbocycles. The molecule has 0 saturated heterocycles. The van der Waals surface area contributed by atoms with Crippen LogP contribution in [0, 0.1) is 0 Å². The van der Waals surface area contributed by atoms with Gasteiger partial charge in [-0.3, -0.25) is 0 Å². The zero-order valence-corrected chi connectivity index (χ0v) is 18.9. The molecule has 0 rings (SSSR count). The smallest absolute Gasteiger partial charge is 0.00386 e. The van der Waals surface area contributed by atoms with Crippen molar-refractivity contribution in [1.82, 2.24) is 5.32 Å². The fourth-order valence-electron chi connectivity index (χ4n) is 3.91. The van der Waals surface area contributed by atoms with Crippen LogP contribution in [0.15, 0.2) is 0 Å². The molecule has 1 heteroatoms. The monoisotopic (exact) mass is 367 g/mol. The average Bonchev–Trinajstić information content (AvgIpc) is 2.64. The summed E-state index contributed by atoms with van der Waals surface area (Å²) in [4.78, 5) is 0. The van der Waals surface area contributed by atoms with Crippen molar-refractivity contribution >= 4 is 0 Å². The average molecular weight is 368 g/mol. The molecular weight excluding hydrogens is 314 g/mol. The number of hydrogen-bond donors (Lipinski definition) is 1. The van der Waals surface area contributed by atoms with E-state index in [4.69, 9.17) is 0 Å². The third-order valence-electron chi connectivity index (χ3n) is 5.74. The first-order valence-corrected chi connectivity index (χ1v) is 12.5. The van der Waals surface area contributed by atoms with Crippen molar-refractivity contribution in [3.8, 4) is 0 Å². The van der Waals surface area contributed by atoms with Crippen LogP contribution in [0.25, 0.3) is 0 Å². The highest BCUT2D eigenvalue weighted by Crippen LogP contribution is 2.14. The van der Waals surface area contributed by atoms with Crippen molar-refractivity contribution in [2.24, 2.45) is 0 Å². The third-order valence-corrected chi connectivity index (χ3v) is 5.74. The maximum absolute atomic E-state index is 3.64. The van der Waals surface area contributed by atoms with E-state index in [9.17, 15) is 0 Å². The van der Waals surface area contributed by atoms with E-state index >= 15 is 0 Å². The Hall–Kier alpha value is -0.0400. The van der Waals surface area contributed by atoms with Gasteiger partial charge in [-0.15, -0.1) is 0 Å². The topological polar surface area (TPSA) is 12.0 Å². The second-order valence-corrected chi connectivity index (χ2v) is 8.65. The van der Waals surface area contributed by atoms with E-state index in [1.54, 1.807) is 0 Å². The standard InChI is InChI=1S/C25H53N/c1-4-6-7-8-9-10-11-12-13-14-15-16-17-18-19-20-21-22-24-26-25(3)23-5-2/h25-26H,4-24H2,1-3H3. The van der Waals surface area contributed by atoms with Crippen LogP contribution in [0.4, 0.5) is 0 Å².